The van der Waals surface area contributed by atoms with Crippen LogP contribution in [0.25, 0.3) is 10.9 Å². The molecule has 0 fully saturated rings. The maximum Gasteiger partial charge on any atom is 0.141 e. The van der Waals surface area contributed by atoms with Gasteiger partial charge in [0, 0.05) is 17.8 Å². The molecular formula is C17H16FN3. The van der Waals surface area contributed by atoms with E-state index in [9.17, 15) is 4.39 Å². The van der Waals surface area contributed by atoms with Gasteiger partial charge in [-0.3, -0.25) is 9.97 Å². The summed E-state index contributed by atoms with van der Waals surface area (Å²) in [6.45, 7) is 2.81. The van der Waals surface area contributed by atoms with Gasteiger partial charge in [0.15, 0.2) is 0 Å². The van der Waals surface area contributed by atoms with E-state index in [0.29, 0.717) is 0 Å². The van der Waals surface area contributed by atoms with E-state index in [1.165, 1.54) is 12.3 Å². The van der Waals surface area contributed by atoms with Crippen molar-refractivity contribution >= 4 is 10.9 Å². The number of para-hydroxylation sites is 1. The van der Waals surface area contributed by atoms with Gasteiger partial charge in [-0.1, -0.05) is 25.1 Å². The number of hydrogen-bond donors (Lipinski definition) is 1. The Labute approximate surface area is 122 Å². The number of nitrogens with one attached hydrogen (secondary N) is 1. The number of nitrogens with zero attached hydrogens (tertiary/aromatic N) is 2. The van der Waals surface area contributed by atoms with Crippen molar-refractivity contribution in [1.29, 1.82) is 0 Å². The fourth-order valence-electron chi connectivity index (χ4n) is 2.57. The molecule has 0 bridgehead atoms. The van der Waals surface area contributed by atoms with E-state index >= 15 is 0 Å². The Morgan fingerprint density at radius 3 is 2.86 bits per heavy atom. The Kier molecular flexibility index (Phi) is 3.88. The van der Waals surface area contributed by atoms with Gasteiger partial charge < -0.3 is 5.32 Å². The quantitative estimate of drug-likeness (QED) is 0.795. The lowest BCUT2D eigenvalue weighted by Gasteiger charge is -2.20. The van der Waals surface area contributed by atoms with Crippen molar-refractivity contribution < 1.29 is 4.39 Å². The van der Waals surface area contributed by atoms with Crippen LogP contribution < -0.4 is 5.32 Å². The highest BCUT2D eigenvalue weighted by Crippen LogP contribution is 2.27. The van der Waals surface area contributed by atoms with Crippen LogP contribution in [0.4, 0.5) is 4.39 Å². The Morgan fingerprint density at radius 1 is 1.19 bits per heavy atom. The molecule has 0 saturated carbocycles. The third-order valence-corrected chi connectivity index (χ3v) is 3.46. The maximum absolute atomic E-state index is 13.5. The third kappa shape index (κ3) is 2.76. The Hall–Kier alpha value is -2.33. The molecule has 2 heterocycles. The summed E-state index contributed by atoms with van der Waals surface area (Å²) in [5.41, 5.74) is 2.82. The first-order valence-electron chi connectivity index (χ1n) is 6.97. The number of aromatic nitrogens is 2. The SMILES string of the molecule is CCNC(c1cncc(F)c1)c1ccnc2ccccc12. The summed E-state index contributed by atoms with van der Waals surface area (Å²) in [4.78, 5) is 8.34. The van der Waals surface area contributed by atoms with Gasteiger partial charge in [0.05, 0.1) is 17.8 Å². The Morgan fingerprint density at radius 2 is 2.05 bits per heavy atom. The number of benzene rings is 1. The second kappa shape index (κ2) is 5.97. The van der Waals surface area contributed by atoms with Crippen LogP contribution in [-0.2, 0) is 0 Å². The minimum atomic E-state index is -0.325. The van der Waals surface area contributed by atoms with E-state index in [4.69, 9.17) is 0 Å². The van der Waals surface area contributed by atoms with E-state index in [1.807, 2.05) is 37.3 Å². The zero-order chi connectivity index (χ0) is 14.7. The van der Waals surface area contributed by atoms with E-state index in [2.05, 4.69) is 15.3 Å². The monoisotopic (exact) mass is 281 g/mol. The fraction of sp³-hybridized carbons (Fsp3) is 0.176. The zero-order valence-electron chi connectivity index (χ0n) is 11.8. The highest BCUT2D eigenvalue weighted by Gasteiger charge is 2.16. The minimum Gasteiger partial charge on any atom is -0.306 e. The first kappa shape index (κ1) is 13.6. The van der Waals surface area contributed by atoms with E-state index in [-0.39, 0.29) is 11.9 Å². The van der Waals surface area contributed by atoms with Crippen LogP contribution in [0.1, 0.15) is 24.1 Å². The third-order valence-electron chi connectivity index (χ3n) is 3.46. The summed E-state index contributed by atoms with van der Waals surface area (Å²) in [5.74, 6) is -0.325. The minimum absolute atomic E-state index is 0.105. The first-order valence-corrected chi connectivity index (χ1v) is 6.97. The lowest BCUT2D eigenvalue weighted by molar-refractivity contribution is 0.597. The largest absolute Gasteiger partial charge is 0.306 e. The Balaban J connectivity index is 2.16. The topological polar surface area (TPSA) is 37.8 Å². The van der Waals surface area contributed by atoms with Crippen LogP contribution in [0.15, 0.2) is 55.0 Å². The number of fused-ring (bicyclic) bond motifs is 1. The van der Waals surface area contributed by atoms with Gasteiger partial charge in [0.2, 0.25) is 0 Å². The molecule has 3 rings (SSSR count). The van der Waals surface area contributed by atoms with Crippen molar-refractivity contribution in [3.63, 3.8) is 0 Å². The molecule has 2 aromatic heterocycles. The van der Waals surface area contributed by atoms with Crippen LogP contribution in [0.5, 0.6) is 0 Å². The van der Waals surface area contributed by atoms with Crippen molar-refractivity contribution in [2.75, 3.05) is 6.54 Å². The molecule has 0 spiro atoms. The van der Waals surface area contributed by atoms with Gasteiger partial charge >= 0.3 is 0 Å². The summed E-state index contributed by atoms with van der Waals surface area (Å²) in [5, 5.41) is 4.47. The molecule has 0 aliphatic carbocycles. The smallest absolute Gasteiger partial charge is 0.141 e. The molecule has 106 valence electrons. The molecule has 1 N–H and O–H groups in total. The van der Waals surface area contributed by atoms with Crippen molar-refractivity contribution in [3.8, 4) is 0 Å². The highest BCUT2D eigenvalue weighted by molar-refractivity contribution is 5.82. The predicted octanol–water partition coefficient (Wildman–Crippen LogP) is 3.47. The van der Waals surface area contributed by atoms with E-state index in [0.717, 1.165) is 28.6 Å². The molecule has 3 nitrogen and oxygen atoms in total. The Bertz CT molecular complexity index is 752. The van der Waals surface area contributed by atoms with Gasteiger partial charge in [0.1, 0.15) is 5.82 Å². The van der Waals surface area contributed by atoms with Gasteiger partial charge in [0.25, 0.3) is 0 Å². The van der Waals surface area contributed by atoms with Crippen LogP contribution in [0, 0.1) is 5.82 Å². The van der Waals surface area contributed by atoms with Crippen LogP contribution in [0.3, 0.4) is 0 Å². The number of rotatable bonds is 4. The van der Waals surface area contributed by atoms with Crippen molar-refractivity contribution in [2.45, 2.75) is 13.0 Å². The summed E-state index contributed by atoms with van der Waals surface area (Å²) in [6.07, 6.45) is 4.71. The maximum atomic E-state index is 13.5. The van der Waals surface area contributed by atoms with Crippen LogP contribution in [0.2, 0.25) is 0 Å². The average molecular weight is 281 g/mol. The molecule has 0 saturated heterocycles. The summed E-state index contributed by atoms with van der Waals surface area (Å²) >= 11 is 0. The number of hydrogen-bond acceptors (Lipinski definition) is 3. The molecule has 1 unspecified atom stereocenters. The molecule has 21 heavy (non-hydrogen) atoms. The molecule has 0 radical (unpaired) electrons. The first-order chi connectivity index (χ1) is 10.3. The highest BCUT2D eigenvalue weighted by atomic mass is 19.1. The van der Waals surface area contributed by atoms with Gasteiger partial charge in [-0.2, -0.15) is 0 Å². The predicted molar refractivity (Wildman–Crippen MR) is 81.5 cm³/mol. The standard InChI is InChI=1S/C17H16FN3/c1-2-20-17(12-9-13(18)11-19-10-12)15-7-8-21-16-6-4-3-5-14(15)16/h3-11,17,20H,2H2,1H3. The molecule has 4 heteroatoms. The van der Waals surface area contributed by atoms with E-state index in [1.54, 1.807) is 12.4 Å². The van der Waals surface area contributed by atoms with Crippen LogP contribution >= 0.6 is 0 Å². The molecule has 3 aromatic rings. The lowest BCUT2D eigenvalue weighted by atomic mass is 9.97. The van der Waals surface area contributed by atoms with Crippen molar-refractivity contribution in [3.05, 3.63) is 71.9 Å². The summed E-state index contributed by atoms with van der Waals surface area (Å²) in [6, 6.07) is 11.4. The summed E-state index contributed by atoms with van der Waals surface area (Å²) < 4.78 is 13.5. The van der Waals surface area contributed by atoms with Gasteiger partial charge in [-0.05, 0) is 35.9 Å². The molecule has 1 atom stereocenters. The molecule has 0 amide bonds. The molecule has 0 aliphatic rings. The average Bonchev–Trinajstić information content (AvgIpc) is 2.52. The fourth-order valence-corrected chi connectivity index (χ4v) is 2.57. The number of halogens is 1. The summed E-state index contributed by atoms with van der Waals surface area (Å²) in [7, 11) is 0. The lowest BCUT2D eigenvalue weighted by Crippen LogP contribution is -2.22. The second-order valence-corrected chi connectivity index (χ2v) is 4.84. The van der Waals surface area contributed by atoms with Gasteiger partial charge in [-0.25, -0.2) is 4.39 Å². The van der Waals surface area contributed by atoms with Crippen LogP contribution in [-0.4, -0.2) is 16.5 Å². The molecule has 0 aliphatic heterocycles. The van der Waals surface area contributed by atoms with Crippen molar-refractivity contribution in [2.24, 2.45) is 0 Å². The zero-order valence-corrected chi connectivity index (χ0v) is 11.8. The van der Waals surface area contributed by atoms with Crippen molar-refractivity contribution in [1.82, 2.24) is 15.3 Å². The normalized spacial score (nSPS) is 12.5. The van der Waals surface area contributed by atoms with Gasteiger partial charge in [-0.15, -0.1) is 0 Å². The molecular weight excluding hydrogens is 265 g/mol. The second-order valence-electron chi connectivity index (χ2n) is 4.84. The number of pyridine rings is 2. The van der Waals surface area contributed by atoms with E-state index < -0.39 is 0 Å². The molecule has 1 aromatic carbocycles.